The molecule has 3 fully saturated rings. The Morgan fingerprint density at radius 2 is 1.87 bits per heavy atom. The Morgan fingerprint density at radius 1 is 1.05 bits per heavy atom. The number of fused-ring (bicyclic) bond motifs is 3. The zero-order valence-corrected chi connectivity index (χ0v) is 36.7. The Labute approximate surface area is 364 Å². The summed E-state index contributed by atoms with van der Waals surface area (Å²) in [6.45, 7) is 15.7. The Morgan fingerprint density at radius 3 is 2.65 bits per heavy atom. The summed E-state index contributed by atoms with van der Waals surface area (Å²) in [7, 11) is 1.69. The van der Waals surface area contributed by atoms with E-state index >= 15 is 0 Å². The standard InChI is InChI=1S/C48H61N9O5/c1-6-43(59)50-33-9-7-8-31(22-33)37-24-34(10-11-40(37)55-17-16-54(27-30(55)2)35-13-20-62-21-14-35)51-44-47(61)53(5)28-39(52-44)36-12-15-49-45(38(36)29-58)57-19-18-56-41(46(57)60)23-32-25-48(3,4)26-42(32)56/h6,10-12,15,23-24,28,30-31,33,35,58H,1,7-9,13-14,16-22,25-27,29H2,2-5H3,(H,50,59)(H,51,52)/t30-,31?,33?/m0/s1. The molecule has 3 N–H and O–H groups in total. The van der Waals surface area contributed by atoms with Crippen LogP contribution in [0.5, 0.6) is 0 Å². The molecule has 3 aliphatic heterocycles. The molecule has 14 heteroatoms. The van der Waals surface area contributed by atoms with Gasteiger partial charge < -0.3 is 34.5 Å². The summed E-state index contributed by atoms with van der Waals surface area (Å²) in [5.41, 5.74) is 7.67. The number of amides is 2. The molecular formula is C48H61N9O5. The first-order valence-corrected chi connectivity index (χ1v) is 22.5. The second kappa shape index (κ2) is 17.1. The molecule has 3 atom stereocenters. The molecular weight excluding hydrogens is 783 g/mol. The average molecular weight is 844 g/mol. The molecule has 328 valence electrons. The number of hydrogen-bond donors (Lipinski definition) is 3. The number of benzene rings is 1. The number of anilines is 4. The lowest BCUT2D eigenvalue weighted by Crippen LogP contribution is -2.56. The minimum absolute atomic E-state index is 0.0435. The SMILES string of the molecule is C=CC(=O)NC1CCCC(c2cc(Nc3nc(-c4ccnc(N5CCn6c(cc7c6CC(C)(C)C7)C5=O)c4CO)cn(C)c3=O)ccc2N2CCN(C3CCOCC3)C[C@@H]2C)C1. The van der Waals surface area contributed by atoms with Crippen LogP contribution in [0.2, 0.25) is 0 Å². The summed E-state index contributed by atoms with van der Waals surface area (Å²) in [5.74, 6) is 0.441. The predicted octanol–water partition coefficient (Wildman–Crippen LogP) is 5.68. The smallest absolute Gasteiger partial charge is 0.293 e. The van der Waals surface area contributed by atoms with E-state index in [4.69, 9.17) is 9.72 Å². The van der Waals surface area contributed by atoms with Gasteiger partial charge in [0.1, 0.15) is 11.5 Å². The number of aromatic nitrogens is 4. The number of ether oxygens (including phenoxy) is 1. The molecule has 0 radical (unpaired) electrons. The summed E-state index contributed by atoms with van der Waals surface area (Å²) < 4.78 is 9.33. The first-order valence-electron chi connectivity index (χ1n) is 22.5. The molecule has 2 amide bonds. The van der Waals surface area contributed by atoms with Gasteiger partial charge in [0.2, 0.25) is 5.91 Å². The molecule has 1 saturated carbocycles. The highest BCUT2D eigenvalue weighted by atomic mass is 16.5. The van der Waals surface area contributed by atoms with Crippen LogP contribution in [0.4, 0.5) is 23.0 Å². The molecule has 2 aliphatic carbocycles. The first kappa shape index (κ1) is 42.0. The number of piperazine rings is 1. The Bertz CT molecular complexity index is 2430. The molecule has 62 heavy (non-hydrogen) atoms. The number of carbonyl (C=O) groups is 2. The zero-order chi connectivity index (χ0) is 43.3. The lowest BCUT2D eigenvalue weighted by Gasteiger charge is -2.46. The molecule has 6 heterocycles. The van der Waals surface area contributed by atoms with Crippen LogP contribution in [0.1, 0.15) is 98.1 Å². The highest BCUT2D eigenvalue weighted by molar-refractivity contribution is 6.06. The van der Waals surface area contributed by atoms with E-state index in [9.17, 15) is 19.5 Å². The van der Waals surface area contributed by atoms with Crippen molar-refractivity contribution in [2.75, 3.05) is 54.5 Å². The van der Waals surface area contributed by atoms with Crippen LogP contribution in [0.15, 0.2) is 60.2 Å². The summed E-state index contributed by atoms with van der Waals surface area (Å²) in [6.07, 6.45) is 12.4. The van der Waals surface area contributed by atoms with Crippen molar-refractivity contribution in [2.45, 2.75) is 109 Å². The fraction of sp³-hybridized carbons (Fsp3) is 0.521. The van der Waals surface area contributed by atoms with Crippen LogP contribution < -0.4 is 26.0 Å². The van der Waals surface area contributed by atoms with Gasteiger partial charge in [0, 0.05) is 112 Å². The summed E-state index contributed by atoms with van der Waals surface area (Å²) >= 11 is 0. The lowest BCUT2D eigenvalue weighted by atomic mass is 9.80. The first-order chi connectivity index (χ1) is 29.9. The minimum Gasteiger partial charge on any atom is -0.392 e. The van der Waals surface area contributed by atoms with E-state index in [1.54, 1.807) is 30.4 Å². The Kier molecular flexibility index (Phi) is 11.6. The molecule has 2 saturated heterocycles. The molecule has 5 aliphatic rings. The van der Waals surface area contributed by atoms with Crippen LogP contribution in [0.25, 0.3) is 11.3 Å². The molecule has 3 aromatic heterocycles. The number of hydrogen-bond acceptors (Lipinski definition) is 10. The fourth-order valence-electron chi connectivity index (χ4n) is 11.0. The molecule has 0 bridgehead atoms. The largest absolute Gasteiger partial charge is 0.392 e. The fourth-order valence-corrected chi connectivity index (χ4v) is 11.0. The van der Waals surface area contributed by atoms with Crippen molar-refractivity contribution >= 4 is 34.8 Å². The van der Waals surface area contributed by atoms with Gasteiger partial charge in [-0.2, -0.15) is 0 Å². The van der Waals surface area contributed by atoms with Crippen molar-refractivity contribution in [3.05, 3.63) is 93.8 Å². The minimum atomic E-state index is -0.372. The van der Waals surface area contributed by atoms with Crippen LogP contribution in [0.3, 0.4) is 0 Å². The number of nitrogens with one attached hydrogen (secondary N) is 2. The van der Waals surface area contributed by atoms with Crippen LogP contribution in [-0.2, 0) is 42.6 Å². The van der Waals surface area contributed by atoms with Crippen molar-refractivity contribution in [1.29, 1.82) is 0 Å². The van der Waals surface area contributed by atoms with Gasteiger partial charge in [-0.05, 0) is 111 Å². The topological polar surface area (TPSA) is 150 Å². The zero-order valence-electron chi connectivity index (χ0n) is 36.7. The number of aliphatic hydroxyl groups is 1. The van der Waals surface area contributed by atoms with Gasteiger partial charge in [-0.3, -0.25) is 24.2 Å². The van der Waals surface area contributed by atoms with E-state index < -0.39 is 0 Å². The van der Waals surface area contributed by atoms with Crippen molar-refractivity contribution in [3.63, 3.8) is 0 Å². The number of aryl methyl sites for hydroxylation is 1. The lowest BCUT2D eigenvalue weighted by molar-refractivity contribution is -0.117. The van der Waals surface area contributed by atoms with Crippen molar-refractivity contribution in [2.24, 2.45) is 12.5 Å². The summed E-state index contributed by atoms with van der Waals surface area (Å²) in [5, 5.41) is 17.4. The quantitative estimate of drug-likeness (QED) is 0.170. The molecule has 1 aromatic carbocycles. The maximum Gasteiger partial charge on any atom is 0.293 e. The number of aliphatic hydroxyl groups excluding tert-OH is 1. The summed E-state index contributed by atoms with van der Waals surface area (Å²) in [6, 6.07) is 11.1. The molecule has 14 nitrogen and oxygen atoms in total. The maximum atomic E-state index is 14.1. The third kappa shape index (κ3) is 8.08. The monoisotopic (exact) mass is 843 g/mol. The van der Waals surface area contributed by atoms with E-state index in [0.717, 1.165) is 89.9 Å². The predicted molar refractivity (Wildman–Crippen MR) is 241 cm³/mol. The highest BCUT2D eigenvalue weighted by Crippen LogP contribution is 2.42. The molecule has 2 unspecified atom stereocenters. The Balaban J connectivity index is 1.02. The normalized spacial score (nSPS) is 22.9. The molecule has 0 spiro atoms. The van der Waals surface area contributed by atoms with Crippen LogP contribution in [0, 0.1) is 5.41 Å². The molecule has 4 aromatic rings. The van der Waals surface area contributed by atoms with Gasteiger partial charge in [-0.15, -0.1) is 0 Å². The van der Waals surface area contributed by atoms with Gasteiger partial charge in [0.15, 0.2) is 5.82 Å². The third-order valence-electron chi connectivity index (χ3n) is 14.0. The van der Waals surface area contributed by atoms with Gasteiger partial charge in [0.05, 0.1) is 12.3 Å². The van der Waals surface area contributed by atoms with E-state index in [1.807, 2.05) is 12.1 Å². The van der Waals surface area contributed by atoms with Gasteiger partial charge in [-0.1, -0.05) is 26.8 Å². The van der Waals surface area contributed by atoms with E-state index in [0.29, 0.717) is 53.5 Å². The number of nitrogens with zero attached hydrogens (tertiary/aromatic N) is 7. The van der Waals surface area contributed by atoms with E-state index in [2.05, 4.69) is 69.5 Å². The van der Waals surface area contributed by atoms with E-state index in [-0.39, 0.29) is 47.2 Å². The number of pyridine rings is 1. The van der Waals surface area contributed by atoms with Gasteiger partial charge >= 0.3 is 0 Å². The highest BCUT2D eigenvalue weighted by Gasteiger charge is 2.38. The van der Waals surface area contributed by atoms with Crippen molar-refractivity contribution in [3.8, 4) is 11.3 Å². The molecule has 9 rings (SSSR count). The second-order valence-corrected chi connectivity index (χ2v) is 18.9. The Hall–Kier alpha value is -5.31. The van der Waals surface area contributed by atoms with Crippen LogP contribution in [-0.4, -0.2) is 98.4 Å². The van der Waals surface area contributed by atoms with Crippen LogP contribution >= 0.6 is 0 Å². The average Bonchev–Trinajstić information content (AvgIpc) is 3.77. The third-order valence-corrected chi connectivity index (χ3v) is 14.0. The summed E-state index contributed by atoms with van der Waals surface area (Å²) in [4.78, 5) is 56.7. The van der Waals surface area contributed by atoms with Crippen molar-refractivity contribution < 1.29 is 19.4 Å². The van der Waals surface area contributed by atoms with Gasteiger partial charge in [-0.25, -0.2) is 9.97 Å². The van der Waals surface area contributed by atoms with E-state index in [1.165, 1.54) is 33.2 Å². The maximum absolute atomic E-state index is 14.1. The number of carbonyl (C=O) groups excluding carboxylic acids is 2. The second-order valence-electron chi connectivity index (χ2n) is 18.9. The number of rotatable bonds is 10. The van der Waals surface area contributed by atoms with Crippen molar-refractivity contribution in [1.82, 2.24) is 29.3 Å². The van der Waals surface area contributed by atoms with Gasteiger partial charge in [0.25, 0.3) is 11.5 Å².